The first-order valence-corrected chi connectivity index (χ1v) is 10.1. The molecule has 1 atom stereocenters. The molecule has 5 heteroatoms. The number of rotatable bonds is 11. The van der Waals surface area contributed by atoms with Crippen LogP contribution < -0.4 is 10.6 Å². The van der Waals surface area contributed by atoms with E-state index in [1.807, 2.05) is 0 Å². The predicted octanol–water partition coefficient (Wildman–Crippen LogP) is 2.60. The molecule has 0 bridgehead atoms. The summed E-state index contributed by atoms with van der Waals surface area (Å²) in [6.07, 6.45) is 8.13. The number of unbranched alkanes of at least 4 members (excludes halogenated alkanes) is 1. The number of hydrogen-bond donors (Lipinski definition) is 3. The Balaban J connectivity index is 2.43. The Morgan fingerprint density at radius 1 is 1.17 bits per heavy atom. The van der Waals surface area contributed by atoms with Gasteiger partial charge in [-0.05, 0) is 51.5 Å². The van der Waals surface area contributed by atoms with Gasteiger partial charge in [0, 0.05) is 38.8 Å². The molecule has 0 aromatic carbocycles. The summed E-state index contributed by atoms with van der Waals surface area (Å²) in [5.41, 5.74) is 0. The Bertz CT molecular complexity index is 321. The second-order valence-electron chi connectivity index (χ2n) is 7.00. The van der Waals surface area contributed by atoms with Crippen LogP contribution in [0.25, 0.3) is 0 Å². The second-order valence-corrected chi connectivity index (χ2v) is 7.00. The zero-order valence-corrected chi connectivity index (χ0v) is 16.2. The lowest BCUT2D eigenvalue weighted by Crippen LogP contribution is -2.49. The van der Waals surface area contributed by atoms with Crippen LogP contribution in [0.1, 0.15) is 65.7 Å². The molecule has 0 amide bonds. The number of aliphatic imine (C=N–C) groups is 1. The quantitative estimate of drug-likeness (QED) is 0.400. The Hall–Kier alpha value is -0.810. The van der Waals surface area contributed by atoms with Crippen LogP contribution in [-0.4, -0.2) is 61.3 Å². The lowest BCUT2D eigenvalue weighted by molar-refractivity contribution is 0.203. The van der Waals surface area contributed by atoms with Crippen LogP contribution in [0.3, 0.4) is 0 Å². The average molecular weight is 341 g/mol. The smallest absolute Gasteiger partial charge is 0.191 e. The fourth-order valence-corrected chi connectivity index (χ4v) is 3.33. The van der Waals surface area contributed by atoms with Crippen LogP contribution in [0.4, 0.5) is 0 Å². The number of guanidine groups is 1. The van der Waals surface area contributed by atoms with Crippen molar-refractivity contribution in [1.82, 2.24) is 15.5 Å². The van der Waals surface area contributed by atoms with E-state index in [4.69, 9.17) is 4.99 Å². The van der Waals surface area contributed by atoms with Crippen LogP contribution in [-0.2, 0) is 0 Å². The minimum absolute atomic E-state index is 0.264. The largest absolute Gasteiger partial charge is 0.396 e. The van der Waals surface area contributed by atoms with E-state index in [2.05, 4.69) is 36.3 Å². The van der Waals surface area contributed by atoms with Gasteiger partial charge in [-0.15, -0.1) is 0 Å². The predicted molar refractivity (Wildman–Crippen MR) is 104 cm³/mol. The van der Waals surface area contributed by atoms with E-state index in [9.17, 15) is 5.11 Å². The highest BCUT2D eigenvalue weighted by atomic mass is 16.3. The molecule has 1 fully saturated rings. The molecule has 1 aliphatic heterocycles. The molecule has 0 aromatic heterocycles. The van der Waals surface area contributed by atoms with Crippen LogP contribution in [0.2, 0.25) is 0 Å². The van der Waals surface area contributed by atoms with Gasteiger partial charge in [0.1, 0.15) is 0 Å². The maximum atomic E-state index is 9.19. The molecule has 0 radical (unpaired) electrons. The monoisotopic (exact) mass is 340 g/mol. The van der Waals surface area contributed by atoms with Gasteiger partial charge < -0.3 is 20.6 Å². The maximum absolute atomic E-state index is 9.19. The van der Waals surface area contributed by atoms with Crippen molar-refractivity contribution in [3.05, 3.63) is 0 Å². The van der Waals surface area contributed by atoms with Gasteiger partial charge in [-0.2, -0.15) is 0 Å². The molecule has 1 unspecified atom stereocenters. The van der Waals surface area contributed by atoms with Gasteiger partial charge in [0.25, 0.3) is 0 Å². The number of nitrogens with zero attached hydrogens (tertiary/aromatic N) is 2. The lowest BCUT2D eigenvalue weighted by atomic mass is 10.0. The SMILES string of the molecule is CCCCN1CCC(NC(=NCC(CCC)CCO)NCC)CC1. The van der Waals surface area contributed by atoms with E-state index in [-0.39, 0.29) is 6.61 Å². The maximum Gasteiger partial charge on any atom is 0.191 e. The molecule has 0 spiro atoms. The zero-order valence-electron chi connectivity index (χ0n) is 16.2. The number of nitrogens with one attached hydrogen (secondary N) is 2. The first kappa shape index (κ1) is 21.2. The summed E-state index contributed by atoms with van der Waals surface area (Å²) < 4.78 is 0. The van der Waals surface area contributed by atoms with Gasteiger partial charge in [0.05, 0.1) is 0 Å². The number of aliphatic hydroxyl groups excluding tert-OH is 1. The second kappa shape index (κ2) is 13.5. The molecule has 3 N–H and O–H groups in total. The van der Waals surface area contributed by atoms with E-state index in [0.29, 0.717) is 12.0 Å². The first-order chi connectivity index (χ1) is 11.7. The van der Waals surface area contributed by atoms with Crippen LogP contribution in [0.5, 0.6) is 0 Å². The number of likely N-dealkylation sites (tertiary alicyclic amines) is 1. The highest BCUT2D eigenvalue weighted by Crippen LogP contribution is 2.13. The van der Waals surface area contributed by atoms with Crippen molar-refractivity contribution < 1.29 is 5.11 Å². The number of hydrogen-bond acceptors (Lipinski definition) is 3. The molecule has 24 heavy (non-hydrogen) atoms. The van der Waals surface area contributed by atoms with Gasteiger partial charge in [0.2, 0.25) is 0 Å². The summed E-state index contributed by atoms with van der Waals surface area (Å²) >= 11 is 0. The molecule has 142 valence electrons. The third kappa shape index (κ3) is 8.88. The molecular formula is C19H40N4O. The van der Waals surface area contributed by atoms with Crippen molar-refractivity contribution in [2.75, 3.05) is 39.3 Å². The lowest BCUT2D eigenvalue weighted by Gasteiger charge is -2.33. The highest BCUT2D eigenvalue weighted by Gasteiger charge is 2.19. The van der Waals surface area contributed by atoms with Crippen LogP contribution >= 0.6 is 0 Å². The number of aliphatic hydroxyl groups is 1. The van der Waals surface area contributed by atoms with Crippen LogP contribution in [0, 0.1) is 5.92 Å². The molecule has 0 saturated carbocycles. The summed E-state index contributed by atoms with van der Waals surface area (Å²) in [4.78, 5) is 7.37. The van der Waals surface area contributed by atoms with Gasteiger partial charge in [-0.3, -0.25) is 4.99 Å². The minimum atomic E-state index is 0.264. The molecule has 0 aromatic rings. The minimum Gasteiger partial charge on any atom is -0.396 e. The van der Waals surface area contributed by atoms with Crippen LogP contribution in [0.15, 0.2) is 4.99 Å². The van der Waals surface area contributed by atoms with E-state index in [0.717, 1.165) is 38.3 Å². The van der Waals surface area contributed by atoms with Crippen molar-refractivity contribution in [2.24, 2.45) is 10.9 Å². The highest BCUT2D eigenvalue weighted by molar-refractivity contribution is 5.80. The van der Waals surface area contributed by atoms with Crippen molar-refractivity contribution in [3.63, 3.8) is 0 Å². The molecule has 1 heterocycles. The van der Waals surface area contributed by atoms with Crippen molar-refractivity contribution in [1.29, 1.82) is 0 Å². The molecule has 1 saturated heterocycles. The Morgan fingerprint density at radius 3 is 2.50 bits per heavy atom. The topological polar surface area (TPSA) is 59.9 Å². The van der Waals surface area contributed by atoms with Crippen molar-refractivity contribution >= 4 is 5.96 Å². The van der Waals surface area contributed by atoms with Crippen molar-refractivity contribution in [3.8, 4) is 0 Å². The summed E-state index contributed by atoms with van der Waals surface area (Å²) in [6.45, 7) is 12.2. The normalized spacial score (nSPS) is 18.6. The van der Waals surface area contributed by atoms with Gasteiger partial charge >= 0.3 is 0 Å². The Kier molecular flexibility index (Phi) is 11.9. The molecule has 0 aliphatic carbocycles. The fourth-order valence-electron chi connectivity index (χ4n) is 3.33. The molecule has 5 nitrogen and oxygen atoms in total. The molecule has 1 aliphatic rings. The summed E-state index contributed by atoms with van der Waals surface area (Å²) in [6, 6.07) is 0.531. The Morgan fingerprint density at radius 2 is 1.92 bits per heavy atom. The van der Waals surface area contributed by atoms with Crippen molar-refractivity contribution in [2.45, 2.75) is 71.8 Å². The zero-order chi connectivity index (χ0) is 17.6. The summed E-state index contributed by atoms with van der Waals surface area (Å²) in [5.74, 6) is 1.44. The third-order valence-corrected chi connectivity index (χ3v) is 4.84. The standard InChI is InChI=1S/C19H40N4O/c1-4-7-12-23-13-9-18(10-14-23)22-19(20-6-3)21-16-17(8-5-2)11-15-24/h17-18,24H,4-16H2,1-3H3,(H2,20,21,22). The molecular weight excluding hydrogens is 300 g/mol. The Labute approximate surface area is 149 Å². The summed E-state index contributed by atoms with van der Waals surface area (Å²) in [7, 11) is 0. The van der Waals surface area contributed by atoms with E-state index < -0.39 is 0 Å². The average Bonchev–Trinajstić information content (AvgIpc) is 2.59. The fraction of sp³-hybridized carbons (Fsp3) is 0.947. The van der Waals surface area contributed by atoms with E-state index >= 15 is 0 Å². The first-order valence-electron chi connectivity index (χ1n) is 10.1. The van der Waals surface area contributed by atoms with E-state index in [1.54, 1.807) is 0 Å². The summed E-state index contributed by atoms with van der Waals surface area (Å²) in [5, 5.41) is 16.2. The number of piperidine rings is 1. The third-order valence-electron chi connectivity index (χ3n) is 4.84. The van der Waals surface area contributed by atoms with Gasteiger partial charge in [-0.1, -0.05) is 26.7 Å². The van der Waals surface area contributed by atoms with Gasteiger partial charge in [-0.25, -0.2) is 0 Å². The molecule has 1 rings (SSSR count). The van der Waals surface area contributed by atoms with Gasteiger partial charge in [0.15, 0.2) is 5.96 Å². The van der Waals surface area contributed by atoms with E-state index in [1.165, 1.54) is 45.3 Å².